The molecule has 0 saturated heterocycles. The van der Waals surface area contributed by atoms with Crippen molar-refractivity contribution in [1.29, 1.82) is 0 Å². The van der Waals surface area contributed by atoms with E-state index in [0.717, 1.165) is 25.8 Å². The Hall–Kier alpha value is -1.09. The molecule has 0 aliphatic carbocycles. The molecule has 0 radical (unpaired) electrons. The molecule has 1 rings (SSSR count). The second-order valence-corrected chi connectivity index (χ2v) is 4.54. The van der Waals surface area contributed by atoms with E-state index in [4.69, 9.17) is 4.74 Å². The lowest BCUT2D eigenvalue weighted by Crippen LogP contribution is -2.28. The van der Waals surface area contributed by atoms with Crippen LogP contribution in [0.15, 0.2) is 18.2 Å². The molecule has 0 aliphatic heterocycles. The van der Waals surface area contributed by atoms with Crippen molar-refractivity contribution < 1.29 is 9.13 Å². The second-order valence-electron chi connectivity index (χ2n) is 4.54. The van der Waals surface area contributed by atoms with Crippen LogP contribution in [0.2, 0.25) is 0 Å². The molecule has 0 aromatic heterocycles. The third kappa shape index (κ3) is 4.65. The fourth-order valence-corrected chi connectivity index (χ4v) is 1.98. The third-order valence-electron chi connectivity index (χ3n) is 3.10. The van der Waals surface area contributed by atoms with E-state index >= 15 is 0 Å². The summed E-state index contributed by atoms with van der Waals surface area (Å²) >= 11 is 0. The highest BCUT2D eigenvalue weighted by molar-refractivity contribution is 5.29. The molecule has 18 heavy (non-hydrogen) atoms. The smallest absolute Gasteiger partial charge is 0.167 e. The van der Waals surface area contributed by atoms with Gasteiger partial charge in [0.15, 0.2) is 11.6 Å². The first-order valence-electron chi connectivity index (χ1n) is 6.80. The summed E-state index contributed by atoms with van der Waals surface area (Å²) in [6.07, 6.45) is 3.13. The monoisotopic (exact) mass is 253 g/mol. The highest BCUT2D eigenvalue weighted by atomic mass is 19.1. The van der Waals surface area contributed by atoms with Crippen LogP contribution in [0.3, 0.4) is 0 Å². The van der Waals surface area contributed by atoms with E-state index in [2.05, 4.69) is 19.2 Å². The van der Waals surface area contributed by atoms with Crippen LogP contribution in [0.5, 0.6) is 5.75 Å². The first kappa shape index (κ1) is 15.0. The molecule has 0 amide bonds. The van der Waals surface area contributed by atoms with Crippen LogP contribution in [0.1, 0.15) is 38.7 Å². The van der Waals surface area contributed by atoms with Crippen molar-refractivity contribution in [2.75, 3.05) is 13.2 Å². The van der Waals surface area contributed by atoms with E-state index in [1.54, 1.807) is 19.1 Å². The van der Waals surface area contributed by atoms with Crippen molar-refractivity contribution >= 4 is 0 Å². The summed E-state index contributed by atoms with van der Waals surface area (Å²) in [6, 6.07) is 5.80. The van der Waals surface area contributed by atoms with Crippen molar-refractivity contribution in [2.24, 2.45) is 0 Å². The molecule has 0 heterocycles. The lowest BCUT2D eigenvalue weighted by molar-refractivity contribution is 0.281. The van der Waals surface area contributed by atoms with Gasteiger partial charge in [0.05, 0.1) is 6.61 Å². The van der Waals surface area contributed by atoms with E-state index in [9.17, 15) is 4.39 Å². The summed E-state index contributed by atoms with van der Waals surface area (Å²) in [6.45, 7) is 7.60. The normalized spacial score (nSPS) is 12.4. The van der Waals surface area contributed by atoms with E-state index in [1.807, 2.05) is 6.07 Å². The fourth-order valence-electron chi connectivity index (χ4n) is 1.98. The first-order chi connectivity index (χ1) is 8.69. The van der Waals surface area contributed by atoms with E-state index in [0.29, 0.717) is 24.0 Å². The Bertz CT molecular complexity index is 354. The molecule has 1 N–H and O–H groups in total. The maximum absolute atomic E-state index is 13.6. The van der Waals surface area contributed by atoms with E-state index < -0.39 is 0 Å². The Morgan fingerprint density at radius 2 is 2.11 bits per heavy atom. The molecule has 2 nitrogen and oxygen atoms in total. The number of nitrogens with one attached hydrogen (secondary N) is 1. The average Bonchev–Trinajstić information content (AvgIpc) is 2.38. The zero-order chi connectivity index (χ0) is 13.4. The molecular weight excluding hydrogens is 229 g/mol. The first-order valence-corrected chi connectivity index (χ1v) is 6.80. The Kier molecular flexibility index (Phi) is 6.73. The zero-order valence-corrected chi connectivity index (χ0v) is 11.6. The van der Waals surface area contributed by atoms with E-state index in [-0.39, 0.29) is 5.82 Å². The van der Waals surface area contributed by atoms with Gasteiger partial charge in [-0.05, 0) is 44.4 Å². The number of hydrogen-bond acceptors (Lipinski definition) is 2. The average molecular weight is 253 g/mol. The SMILES string of the molecule is CCNC(CC)CCCOc1cccc(C)c1F. The van der Waals surface area contributed by atoms with Gasteiger partial charge in [-0.15, -0.1) is 0 Å². The predicted octanol–water partition coefficient (Wildman–Crippen LogP) is 3.68. The highest BCUT2D eigenvalue weighted by Crippen LogP contribution is 2.19. The number of rotatable bonds is 8. The Morgan fingerprint density at radius 3 is 2.78 bits per heavy atom. The van der Waals surface area contributed by atoms with Gasteiger partial charge in [0.1, 0.15) is 0 Å². The topological polar surface area (TPSA) is 21.3 Å². The molecular formula is C15H24FNO. The van der Waals surface area contributed by atoms with Crippen LogP contribution in [0, 0.1) is 12.7 Å². The van der Waals surface area contributed by atoms with Gasteiger partial charge in [0.2, 0.25) is 0 Å². The van der Waals surface area contributed by atoms with Crippen molar-refractivity contribution in [3.05, 3.63) is 29.6 Å². The lowest BCUT2D eigenvalue weighted by atomic mass is 10.1. The zero-order valence-electron chi connectivity index (χ0n) is 11.6. The Balaban J connectivity index is 2.31. The molecule has 0 bridgehead atoms. The van der Waals surface area contributed by atoms with Gasteiger partial charge in [-0.2, -0.15) is 0 Å². The minimum absolute atomic E-state index is 0.240. The van der Waals surface area contributed by atoms with Crippen LogP contribution in [0.4, 0.5) is 4.39 Å². The van der Waals surface area contributed by atoms with Crippen LogP contribution in [-0.4, -0.2) is 19.2 Å². The van der Waals surface area contributed by atoms with Crippen LogP contribution < -0.4 is 10.1 Å². The molecule has 3 heteroatoms. The number of ether oxygens (including phenoxy) is 1. The van der Waals surface area contributed by atoms with Crippen LogP contribution in [-0.2, 0) is 0 Å². The summed E-state index contributed by atoms with van der Waals surface area (Å²) in [7, 11) is 0. The number of hydrogen-bond donors (Lipinski definition) is 1. The molecule has 1 aromatic rings. The number of aryl methyl sites for hydroxylation is 1. The van der Waals surface area contributed by atoms with Gasteiger partial charge in [-0.1, -0.05) is 26.0 Å². The van der Waals surface area contributed by atoms with Gasteiger partial charge in [0.25, 0.3) is 0 Å². The molecule has 1 aromatic carbocycles. The maximum atomic E-state index is 13.6. The Morgan fingerprint density at radius 1 is 1.33 bits per heavy atom. The minimum atomic E-state index is -0.240. The van der Waals surface area contributed by atoms with Crippen molar-refractivity contribution in [1.82, 2.24) is 5.32 Å². The van der Waals surface area contributed by atoms with Gasteiger partial charge < -0.3 is 10.1 Å². The molecule has 1 unspecified atom stereocenters. The summed E-state index contributed by atoms with van der Waals surface area (Å²) < 4.78 is 19.1. The van der Waals surface area contributed by atoms with Gasteiger partial charge in [0, 0.05) is 6.04 Å². The lowest BCUT2D eigenvalue weighted by Gasteiger charge is -2.15. The standard InChI is InChI=1S/C15H24FNO/c1-4-13(17-5-2)9-7-11-18-14-10-6-8-12(3)15(14)16/h6,8,10,13,17H,4-5,7,9,11H2,1-3H3. The van der Waals surface area contributed by atoms with Crippen LogP contribution >= 0.6 is 0 Å². The molecule has 102 valence electrons. The molecule has 0 fully saturated rings. The number of benzene rings is 1. The molecule has 0 spiro atoms. The maximum Gasteiger partial charge on any atom is 0.167 e. The predicted molar refractivity (Wildman–Crippen MR) is 73.6 cm³/mol. The van der Waals surface area contributed by atoms with Crippen molar-refractivity contribution in [3.8, 4) is 5.75 Å². The summed E-state index contributed by atoms with van der Waals surface area (Å²) in [5.41, 5.74) is 0.631. The fraction of sp³-hybridized carbons (Fsp3) is 0.600. The number of halogens is 1. The summed E-state index contributed by atoms with van der Waals surface area (Å²) in [4.78, 5) is 0. The van der Waals surface area contributed by atoms with Gasteiger partial charge in [-0.25, -0.2) is 4.39 Å². The van der Waals surface area contributed by atoms with E-state index in [1.165, 1.54) is 0 Å². The minimum Gasteiger partial charge on any atom is -0.491 e. The largest absolute Gasteiger partial charge is 0.491 e. The van der Waals surface area contributed by atoms with Crippen LogP contribution in [0.25, 0.3) is 0 Å². The van der Waals surface area contributed by atoms with Crippen molar-refractivity contribution in [2.45, 2.75) is 46.1 Å². The molecule has 0 saturated carbocycles. The van der Waals surface area contributed by atoms with Gasteiger partial charge in [-0.3, -0.25) is 0 Å². The van der Waals surface area contributed by atoms with Crippen molar-refractivity contribution in [3.63, 3.8) is 0 Å². The third-order valence-corrected chi connectivity index (χ3v) is 3.10. The summed E-state index contributed by atoms with van der Waals surface area (Å²) in [5.74, 6) is 0.128. The quantitative estimate of drug-likeness (QED) is 0.714. The second kappa shape index (κ2) is 8.09. The van der Waals surface area contributed by atoms with Gasteiger partial charge >= 0.3 is 0 Å². The molecule has 0 aliphatic rings. The molecule has 1 atom stereocenters. The highest BCUT2D eigenvalue weighted by Gasteiger charge is 2.07. The Labute approximate surface area is 110 Å². The summed E-state index contributed by atoms with van der Waals surface area (Å²) in [5, 5.41) is 3.42.